The molecule has 0 aliphatic rings. The summed E-state index contributed by atoms with van der Waals surface area (Å²) in [6, 6.07) is 15.1. The Kier molecular flexibility index (Phi) is 7.79. The summed E-state index contributed by atoms with van der Waals surface area (Å²) in [5.41, 5.74) is 4.14. The Labute approximate surface area is 197 Å². The van der Waals surface area contributed by atoms with Gasteiger partial charge in [0.25, 0.3) is 5.91 Å². The van der Waals surface area contributed by atoms with Gasteiger partial charge < -0.3 is 14.6 Å². The van der Waals surface area contributed by atoms with Gasteiger partial charge in [-0.1, -0.05) is 41.4 Å². The first-order chi connectivity index (χ1) is 14.9. The van der Waals surface area contributed by atoms with E-state index in [4.69, 9.17) is 32.7 Å². The van der Waals surface area contributed by atoms with E-state index in [0.717, 1.165) is 5.56 Å². The van der Waals surface area contributed by atoms with Crippen molar-refractivity contribution in [1.29, 1.82) is 0 Å². The molecule has 0 bridgehead atoms. The van der Waals surface area contributed by atoms with E-state index in [1.807, 2.05) is 0 Å². The Bertz CT molecular complexity index is 1140. The quantitative estimate of drug-likeness (QED) is 0.302. The molecule has 0 saturated heterocycles. The van der Waals surface area contributed by atoms with Crippen LogP contribution in [0.15, 0.2) is 64.2 Å². The molecule has 0 unspecified atom stereocenters. The first-order valence-corrected chi connectivity index (χ1v) is 10.5. The summed E-state index contributed by atoms with van der Waals surface area (Å²) < 4.78 is 11.3. The first kappa shape index (κ1) is 22.9. The Hall–Kier alpha value is -2.74. The Morgan fingerprint density at radius 1 is 1.16 bits per heavy atom. The third-order valence-electron chi connectivity index (χ3n) is 4.18. The molecule has 3 aromatic carbocycles. The van der Waals surface area contributed by atoms with Crippen molar-refractivity contribution < 1.29 is 19.4 Å². The van der Waals surface area contributed by atoms with Gasteiger partial charge in [-0.2, -0.15) is 5.10 Å². The lowest BCUT2D eigenvalue weighted by atomic mass is 10.2. The summed E-state index contributed by atoms with van der Waals surface area (Å²) in [5, 5.41) is 14.9. The van der Waals surface area contributed by atoms with Crippen molar-refractivity contribution in [2.75, 3.05) is 7.11 Å². The summed E-state index contributed by atoms with van der Waals surface area (Å²) in [5.74, 6) is 0.200. The maximum atomic E-state index is 12.6. The molecule has 3 aromatic rings. The maximum Gasteiger partial charge on any atom is 0.275 e. The van der Waals surface area contributed by atoms with Crippen LogP contribution < -0.4 is 14.9 Å². The fourth-order valence-corrected chi connectivity index (χ4v) is 3.55. The number of hydrogen-bond donors (Lipinski definition) is 2. The van der Waals surface area contributed by atoms with Gasteiger partial charge in [0.2, 0.25) is 0 Å². The van der Waals surface area contributed by atoms with Gasteiger partial charge in [-0.3, -0.25) is 4.79 Å². The number of methoxy groups -OCH3 is 1. The molecular formula is C22H17BrCl2N2O4. The van der Waals surface area contributed by atoms with Crippen LogP contribution in [-0.2, 0) is 6.61 Å². The number of nitrogens with zero attached hydrogens (tertiary/aromatic N) is 1. The van der Waals surface area contributed by atoms with E-state index < -0.39 is 5.91 Å². The van der Waals surface area contributed by atoms with Crippen molar-refractivity contribution in [2.24, 2.45) is 5.10 Å². The first-order valence-electron chi connectivity index (χ1n) is 8.94. The molecule has 0 aliphatic carbocycles. The number of amides is 1. The molecule has 31 heavy (non-hydrogen) atoms. The van der Waals surface area contributed by atoms with Crippen molar-refractivity contribution in [3.63, 3.8) is 0 Å². The second kappa shape index (κ2) is 10.5. The molecule has 1 amide bonds. The van der Waals surface area contributed by atoms with Gasteiger partial charge in [-0.25, -0.2) is 5.43 Å². The molecule has 6 nitrogen and oxygen atoms in total. The van der Waals surface area contributed by atoms with E-state index in [0.29, 0.717) is 31.4 Å². The van der Waals surface area contributed by atoms with E-state index in [2.05, 4.69) is 26.5 Å². The van der Waals surface area contributed by atoms with E-state index in [-0.39, 0.29) is 18.1 Å². The third kappa shape index (κ3) is 5.91. The number of benzene rings is 3. The van der Waals surface area contributed by atoms with Crippen molar-refractivity contribution >= 4 is 51.3 Å². The zero-order chi connectivity index (χ0) is 22.4. The number of phenolic OH excluding ortho intramolecular Hbond substituents is 1. The van der Waals surface area contributed by atoms with Crippen molar-refractivity contribution in [3.8, 4) is 17.2 Å². The molecule has 0 fully saturated rings. The number of rotatable bonds is 7. The summed E-state index contributed by atoms with van der Waals surface area (Å²) in [6.07, 6.45) is 1.43. The molecule has 0 aromatic heterocycles. The van der Waals surface area contributed by atoms with Crippen LogP contribution in [0.1, 0.15) is 21.5 Å². The summed E-state index contributed by atoms with van der Waals surface area (Å²) in [6.45, 7) is 0.172. The van der Waals surface area contributed by atoms with Crippen LogP contribution in [-0.4, -0.2) is 24.3 Å². The Morgan fingerprint density at radius 2 is 1.94 bits per heavy atom. The standard InChI is InChI=1S/C22H17BrCl2N2O4/c1-30-20-9-13(8-17(23)21(20)28)11-26-27-22(29)16-4-2-3-5-19(16)31-12-14-6-7-15(24)10-18(14)25/h2-11,28H,12H2,1H3,(H,27,29)/b26-11+. The van der Waals surface area contributed by atoms with Gasteiger partial charge in [-0.15, -0.1) is 0 Å². The smallest absolute Gasteiger partial charge is 0.275 e. The number of nitrogens with one attached hydrogen (secondary N) is 1. The summed E-state index contributed by atoms with van der Waals surface area (Å²) in [7, 11) is 1.44. The van der Waals surface area contributed by atoms with Crippen molar-refractivity contribution in [2.45, 2.75) is 6.61 Å². The number of ether oxygens (including phenoxy) is 2. The number of carbonyl (C=O) groups is 1. The highest BCUT2D eigenvalue weighted by Crippen LogP contribution is 2.34. The fourth-order valence-electron chi connectivity index (χ4n) is 2.62. The number of para-hydroxylation sites is 1. The molecule has 0 aliphatic heterocycles. The zero-order valence-electron chi connectivity index (χ0n) is 16.2. The lowest BCUT2D eigenvalue weighted by Crippen LogP contribution is -2.18. The van der Waals surface area contributed by atoms with Crippen LogP contribution in [0.4, 0.5) is 0 Å². The van der Waals surface area contributed by atoms with E-state index in [9.17, 15) is 9.90 Å². The topological polar surface area (TPSA) is 80.2 Å². The number of hydrazone groups is 1. The lowest BCUT2D eigenvalue weighted by molar-refractivity contribution is 0.0950. The second-order valence-corrected chi connectivity index (χ2v) is 7.97. The van der Waals surface area contributed by atoms with Crippen LogP contribution in [0.25, 0.3) is 0 Å². The second-order valence-electron chi connectivity index (χ2n) is 6.27. The molecule has 2 N–H and O–H groups in total. The highest BCUT2D eigenvalue weighted by Gasteiger charge is 2.13. The molecule has 0 atom stereocenters. The average molecular weight is 524 g/mol. The van der Waals surface area contributed by atoms with Gasteiger partial charge in [0.15, 0.2) is 11.5 Å². The Balaban J connectivity index is 1.70. The number of halogens is 3. The Morgan fingerprint density at radius 3 is 2.68 bits per heavy atom. The largest absolute Gasteiger partial charge is 0.503 e. The number of carbonyl (C=O) groups excluding carboxylic acids is 1. The summed E-state index contributed by atoms with van der Waals surface area (Å²) in [4.78, 5) is 12.6. The van der Waals surface area contributed by atoms with E-state index in [1.165, 1.54) is 13.3 Å². The molecule has 9 heteroatoms. The number of hydrogen-bond acceptors (Lipinski definition) is 5. The molecule has 0 radical (unpaired) electrons. The minimum absolute atomic E-state index is 0.0180. The van der Waals surface area contributed by atoms with Crippen LogP contribution >= 0.6 is 39.1 Å². The average Bonchev–Trinajstić information content (AvgIpc) is 2.75. The van der Waals surface area contributed by atoms with Crippen LogP contribution in [0.2, 0.25) is 10.0 Å². The number of aromatic hydroxyl groups is 1. The maximum absolute atomic E-state index is 12.6. The lowest BCUT2D eigenvalue weighted by Gasteiger charge is -2.11. The monoisotopic (exact) mass is 522 g/mol. The fraction of sp³-hybridized carbons (Fsp3) is 0.0909. The zero-order valence-corrected chi connectivity index (χ0v) is 19.3. The van der Waals surface area contributed by atoms with E-state index in [1.54, 1.807) is 54.6 Å². The molecule has 0 heterocycles. The van der Waals surface area contributed by atoms with Crippen molar-refractivity contribution in [1.82, 2.24) is 5.43 Å². The minimum Gasteiger partial charge on any atom is -0.503 e. The van der Waals surface area contributed by atoms with E-state index >= 15 is 0 Å². The molecular weight excluding hydrogens is 507 g/mol. The molecule has 0 spiro atoms. The molecule has 160 valence electrons. The van der Waals surface area contributed by atoms with Gasteiger partial charge in [0.05, 0.1) is 23.4 Å². The highest BCUT2D eigenvalue weighted by molar-refractivity contribution is 9.10. The highest BCUT2D eigenvalue weighted by atomic mass is 79.9. The van der Waals surface area contributed by atoms with Crippen molar-refractivity contribution in [3.05, 3.63) is 85.8 Å². The predicted octanol–water partition coefficient (Wildman–Crippen LogP) is 5.81. The van der Waals surface area contributed by atoms with Gasteiger partial charge in [0.1, 0.15) is 12.4 Å². The number of phenols is 1. The van der Waals surface area contributed by atoms with Crippen LogP contribution in [0, 0.1) is 0 Å². The normalized spacial score (nSPS) is 10.8. The third-order valence-corrected chi connectivity index (χ3v) is 5.37. The predicted molar refractivity (Wildman–Crippen MR) is 125 cm³/mol. The van der Waals surface area contributed by atoms with Crippen LogP contribution in [0.3, 0.4) is 0 Å². The van der Waals surface area contributed by atoms with Crippen LogP contribution in [0.5, 0.6) is 17.2 Å². The van der Waals surface area contributed by atoms with Gasteiger partial charge >= 0.3 is 0 Å². The van der Waals surface area contributed by atoms with Gasteiger partial charge in [0, 0.05) is 15.6 Å². The van der Waals surface area contributed by atoms with Gasteiger partial charge in [-0.05, 0) is 57.9 Å². The molecule has 0 saturated carbocycles. The SMILES string of the molecule is COc1cc(/C=N/NC(=O)c2ccccc2OCc2ccc(Cl)cc2Cl)cc(Br)c1O. The molecule has 3 rings (SSSR count). The summed E-state index contributed by atoms with van der Waals surface area (Å²) >= 11 is 15.3. The minimum atomic E-state index is -0.445.